The molecule has 0 unspecified atom stereocenters. The van der Waals surface area contributed by atoms with E-state index in [0.717, 1.165) is 58.1 Å². The molecule has 8 nitrogen and oxygen atoms in total. The zero-order valence-electron chi connectivity index (χ0n) is 22.0. The molecule has 1 saturated heterocycles. The average Bonchev–Trinajstić information content (AvgIpc) is 3.51. The van der Waals surface area contributed by atoms with E-state index in [2.05, 4.69) is 33.7 Å². The first-order chi connectivity index (χ1) is 18.2. The van der Waals surface area contributed by atoms with Crippen molar-refractivity contribution in [3.8, 4) is 17.2 Å². The van der Waals surface area contributed by atoms with Crippen molar-refractivity contribution in [3.63, 3.8) is 0 Å². The third kappa shape index (κ3) is 4.66. The fourth-order valence-electron chi connectivity index (χ4n) is 5.01. The van der Waals surface area contributed by atoms with Crippen LogP contribution in [0.25, 0.3) is 21.5 Å². The second-order valence-corrected chi connectivity index (χ2v) is 11.7. The van der Waals surface area contributed by atoms with E-state index in [1.807, 2.05) is 56.3 Å². The molecule has 1 aliphatic rings. The topological polar surface area (TPSA) is 83.6 Å². The standard InChI is InChI=1S/C29H29N7OS/c1-19-23(17-33-36(19)22-10-12-34(13-11-22)28(37)29(2,3)4)20-14-26(27-21(15-30)16-32-35(27)18-20)38-25-9-7-6-8-24(25)31-5/h6-9,14,16-18,22H,10-13H2,1-4H3. The summed E-state index contributed by atoms with van der Waals surface area (Å²) in [6.45, 7) is 17.0. The third-order valence-corrected chi connectivity index (χ3v) is 8.09. The molecule has 0 saturated carbocycles. The molecule has 4 heterocycles. The highest BCUT2D eigenvalue weighted by atomic mass is 32.2. The third-order valence-electron chi connectivity index (χ3n) is 7.00. The Balaban J connectivity index is 1.48. The van der Waals surface area contributed by atoms with Crippen LogP contribution in [0.1, 0.15) is 50.9 Å². The van der Waals surface area contributed by atoms with Gasteiger partial charge >= 0.3 is 0 Å². The van der Waals surface area contributed by atoms with Crippen molar-refractivity contribution in [2.75, 3.05) is 13.1 Å². The zero-order valence-corrected chi connectivity index (χ0v) is 22.8. The van der Waals surface area contributed by atoms with Crippen LogP contribution in [0.2, 0.25) is 0 Å². The number of carbonyl (C=O) groups excluding carboxylic acids is 1. The first kappa shape index (κ1) is 25.6. The molecule has 3 aromatic heterocycles. The van der Waals surface area contributed by atoms with Crippen molar-refractivity contribution in [2.45, 2.75) is 56.4 Å². The molecule has 0 atom stereocenters. The van der Waals surface area contributed by atoms with Crippen LogP contribution >= 0.6 is 11.8 Å². The van der Waals surface area contributed by atoms with Crippen LogP contribution in [0.5, 0.6) is 0 Å². The first-order valence-corrected chi connectivity index (χ1v) is 13.4. The highest BCUT2D eigenvalue weighted by Crippen LogP contribution is 2.40. The molecule has 4 aromatic rings. The molecule has 1 aromatic carbocycles. The van der Waals surface area contributed by atoms with Gasteiger partial charge in [0, 0.05) is 51.3 Å². The lowest BCUT2D eigenvalue weighted by Gasteiger charge is -2.36. The van der Waals surface area contributed by atoms with Gasteiger partial charge in [0.25, 0.3) is 0 Å². The number of carbonyl (C=O) groups is 1. The fraction of sp³-hybridized carbons (Fsp3) is 0.345. The van der Waals surface area contributed by atoms with Crippen LogP contribution in [0.15, 0.2) is 58.7 Å². The quantitative estimate of drug-likeness (QED) is 0.294. The van der Waals surface area contributed by atoms with E-state index >= 15 is 0 Å². The number of nitrogens with zero attached hydrogens (tertiary/aromatic N) is 7. The molecule has 1 aliphatic heterocycles. The molecule has 1 fully saturated rings. The van der Waals surface area contributed by atoms with E-state index in [1.54, 1.807) is 16.8 Å². The van der Waals surface area contributed by atoms with E-state index in [4.69, 9.17) is 11.7 Å². The molecule has 1 amide bonds. The second kappa shape index (κ2) is 10.00. The summed E-state index contributed by atoms with van der Waals surface area (Å²) >= 11 is 1.47. The molecule has 0 N–H and O–H groups in total. The number of fused-ring (bicyclic) bond motifs is 1. The van der Waals surface area contributed by atoms with E-state index < -0.39 is 0 Å². The maximum Gasteiger partial charge on any atom is 0.227 e. The Morgan fingerprint density at radius 1 is 1.16 bits per heavy atom. The number of hydrogen-bond donors (Lipinski definition) is 0. The molecule has 0 radical (unpaired) electrons. The highest BCUT2D eigenvalue weighted by molar-refractivity contribution is 7.99. The normalized spacial score (nSPS) is 14.4. The number of pyridine rings is 1. The SMILES string of the molecule is [C-]#[N+]c1ccccc1Sc1cc(-c2cnn(C3CCN(C(=O)C(C)(C)C)CC3)c2C)cn2ncc(C#N)c12. The maximum absolute atomic E-state index is 12.7. The van der Waals surface area contributed by atoms with E-state index in [9.17, 15) is 10.1 Å². The van der Waals surface area contributed by atoms with E-state index in [0.29, 0.717) is 11.3 Å². The zero-order chi connectivity index (χ0) is 27.0. The molecule has 0 spiro atoms. The lowest BCUT2D eigenvalue weighted by molar-refractivity contribution is -0.140. The minimum atomic E-state index is -0.372. The van der Waals surface area contributed by atoms with Gasteiger partial charge in [-0.05, 0) is 25.8 Å². The van der Waals surface area contributed by atoms with Crippen LogP contribution in [-0.2, 0) is 4.79 Å². The number of piperidine rings is 1. The molecular weight excluding hydrogens is 494 g/mol. The Kier molecular flexibility index (Phi) is 6.73. The smallest absolute Gasteiger partial charge is 0.227 e. The number of amides is 1. The van der Waals surface area contributed by atoms with Gasteiger partial charge < -0.3 is 4.90 Å². The largest absolute Gasteiger partial charge is 0.342 e. The van der Waals surface area contributed by atoms with E-state index in [-0.39, 0.29) is 17.4 Å². The summed E-state index contributed by atoms with van der Waals surface area (Å²) < 4.78 is 3.83. The molecular formula is C29H29N7OS. The van der Waals surface area contributed by atoms with Gasteiger partial charge in [-0.3, -0.25) is 9.48 Å². The maximum atomic E-state index is 12.7. The van der Waals surface area contributed by atoms with Gasteiger partial charge in [-0.1, -0.05) is 56.8 Å². The van der Waals surface area contributed by atoms with Crippen molar-refractivity contribution in [1.82, 2.24) is 24.3 Å². The predicted molar refractivity (Wildman–Crippen MR) is 147 cm³/mol. The number of para-hydroxylation sites is 1. The molecule has 38 heavy (non-hydrogen) atoms. The Morgan fingerprint density at radius 3 is 2.58 bits per heavy atom. The van der Waals surface area contributed by atoms with Gasteiger partial charge in [-0.25, -0.2) is 9.36 Å². The van der Waals surface area contributed by atoms with Gasteiger partial charge in [-0.15, -0.1) is 0 Å². The summed E-state index contributed by atoms with van der Waals surface area (Å²) in [4.78, 5) is 20.0. The molecule has 0 bridgehead atoms. The van der Waals surface area contributed by atoms with Gasteiger partial charge in [0.05, 0.1) is 36.1 Å². The number of hydrogen-bond acceptors (Lipinski definition) is 5. The summed E-state index contributed by atoms with van der Waals surface area (Å²) in [5, 5.41) is 18.9. The molecule has 5 rings (SSSR count). The summed E-state index contributed by atoms with van der Waals surface area (Å²) in [7, 11) is 0. The van der Waals surface area contributed by atoms with Crippen LogP contribution in [-0.4, -0.2) is 43.3 Å². The van der Waals surface area contributed by atoms with Crippen molar-refractivity contribution in [1.29, 1.82) is 5.26 Å². The number of aromatic nitrogens is 4. The fourth-order valence-corrected chi connectivity index (χ4v) is 6.10. The number of rotatable bonds is 4. The van der Waals surface area contributed by atoms with Gasteiger partial charge in [-0.2, -0.15) is 15.5 Å². The Bertz CT molecular complexity index is 1600. The van der Waals surface area contributed by atoms with Crippen molar-refractivity contribution in [2.24, 2.45) is 5.41 Å². The second-order valence-electron chi connectivity index (χ2n) is 10.6. The predicted octanol–water partition coefficient (Wildman–Crippen LogP) is 6.29. The monoisotopic (exact) mass is 523 g/mol. The van der Waals surface area contributed by atoms with Gasteiger partial charge in [0.1, 0.15) is 6.07 Å². The number of benzene rings is 1. The lowest BCUT2D eigenvalue weighted by atomic mass is 9.93. The van der Waals surface area contributed by atoms with E-state index in [1.165, 1.54) is 11.8 Å². The Morgan fingerprint density at radius 2 is 1.89 bits per heavy atom. The number of nitriles is 1. The van der Waals surface area contributed by atoms with Crippen LogP contribution in [0.3, 0.4) is 0 Å². The summed E-state index contributed by atoms with van der Waals surface area (Å²) in [5.74, 6) is 0.197. The van der Waals surface area contributed by atoms with Crippen LogP contribution < -0.4 is 0 Å². The number of likely N-dealkylation sites (tertiary alicyclic amines) is 1. The Labute approximate surface area is 226 Å². The van der Waals surface area contributed by atoms with Crippen molar-refractivity contribution in [3.05, 3.63) is 71.6 Å². The van der Waals surface area contributed by atoms with Gasteiger partial charge in [0.2, 0.25) is 11.6 Å². The summed E-state index contributed by atoms with van der Waals surface area (Å²) in [5.41, 5.74) is 4.40. The molecule has 192 valence electrons. The molecule has 0 aliphatic carbocycles. The lowest BCUT2D eigenvalue weighted by Crippen LogP contribution is -2.44. The van der Waals surface area contributed by atoms with Crippen molar-refractivity contribution >= 4 is 28.9 Å². The average molecular weight is 524 g/mol. The van der Waals surface area contributed by atoms with Crippen molar-refractivity contribution < 1.29 is 4.79 Å². The van der Waals surface area contributed by atoms with Gasteiger partial charge in [0.15, 0.2) is 0 Å². The summed E-state index contributed by atoms with van der Waals surface area (Å²) in [6.07, 6.45) is 7.12. The first-order valence-electron chi connectivity index (χ1n) is 12.6. The minimum absolute atomic E-state index is 0.197. The Hall–Kier alpha value is -4.08. The highest BCUT2D eigenvalue weighted by Gasteiger charge is 2.31. The summed E-state index contributed by atoms with van der Waals surface area (Å²) in [6, 6.07) is 12.0. The molecule has 9 heteroatoms. The minimum Gasteiger partial charge on any atom is -0.342 e. The van der Waals surface area contributed by atoms with Crippen LogP contribution in [0, 0.1) is 30.2 Å². The van der Waals surface area contributed by atoms with Crippen LogP contribution in [0.4, 0.5) is 5.69 Å².